The van der Waals surface area contributed by atoms with E-state index in [2.05, 4.69) is 25.6 Å². The molecule has 4 heterocycles. The highest BCUT2D eigenvalue weighted by Gasteiger charge is 2.25. The lowest BCUT2D eigenvalue weighted by Crippen LogP contribution is -2.38. The van der Waals surface area contributed by atoms with Crippen molar-refractivity contribution in [2.75, 3.05) is 18.4 Å². The first-order valence-electron chi connectivity index (χ1n) is 9.05. The number of carbonyl (C=O) groups excluding carboxylic acids is 1. The lowest BCUT2D eigenvalue weighted by atomic mass is 9.95. The summed E-state index contributed by atoms with van der Waals surface area (Å²) in [4.78, 5) is 31.8. The summed E-state index contributed by atoms with van der Waals surface area (Å²) in [7, 11) is 0. The molecule has 0 aromatic carbocycles. The Labute approximate surface area is 171 Å². The van der Waals surface area contributed by atoms with Crippen molar-refractivity contribution in [1.29, 1.82) is 0 Å². The molecule has 144 valence electrons. The number of likely N-dealkylation sites (tertiary alicyclic amines) is 1. The summed E-state index contributed by atoms with van der Waals surface area (Å²) in [5, 5.41) is 8.98. The fraction of sp³-hybridized carbons (Fsp3) is 0.316. The maximum atomic E-state index is 12.6. The lowest BCUT2D eigenvalue weighted by molar-refractivity contribution is -0.127. The van der Waals surface area contributed by atoms with Gasteiger partial charge in [0.1, 0.15) is 0 Å². The maximum absolute atomic E-state index is 12.6. The molecule has 1 amide bonds. The van der Waals surface area contributed by atoms with Gasteiger partial charge in [0.05, 0.1) is 22.6 Å². The van der Waals surface area contributed by atoms with Gasteiger partial charge >= 0.3 is 0 Å². The second-order valence-corrected chi connectivity index (χ2v) is 8.46. The van der Waals surface area contributed by atoms with Gasteiger partial charge < -0.3 is 10.2 Å². The number of anilines is 2. The van der Waals surface area contributed by atoms with Crippen LogP contribution in [-0.2, 0) is 4.79 Å². The van der Waals surface area contributed by atoms with E-state index in [4.69, 9.17) is 4.98 Å². The largest absolute Gasteiger partial charge is 0.338 e. The van der Waals surface area contributed by atoms with Gasteiger partial charge in [-0.2, -0.15) is 0 Å². The molecule has 1 fully saturated rings. The summed E-state index contributed by atoms with van der Waals surface area (Å²) in [6.45, 7) is 3.43. The normalized spacial score (nSPS) is 17.2. The fourth-order valence-electron chi connectivity index (χ4n) is 3.14. The molecular weight excluding hydrogens is 392 g/mol. The van der Waals surface area contributed by atoms with E-state index in [-0.39, 0.29) is 11.8 Å². The molecule has 0 bridgehead atoms. The van der Waals surface area contributed by atoms with Gasteiger partial charge in [0.15, 0.2) is 10.9 Å². The minimum absolute atomic E-state index is 0.0310. The van der Waals surface area contributed by atoms with Crippen molar-refractivity contribution in [3.8, 4) is 0 Å². The van der Waals surface area contributed by atoms with Crippen LogP contribution >= 0.6 is 22.7 Å². The topological polar surface area (TPSA) is 83.9 Å². The number of thiazole rings is 2. The van der Waals surface area contributed by atoms with Crippen LogP contribution in [0.15, 0.2) is 35.4 Å². The maximum Gasteiger partial charge on any atom is 0.246 e. The lowest BCUT2D eigenvalue weighted by Gasteiger charge is -2.31. The average molecular weight is 413 g/mol. The number of nitrogens with zero attached hydrogens (tertiary/aromatic N) is 5. The molecule has 1 N–H and O–H groups in total. The van der Waals surface area contributed by atoms with Crippen LogP contribution in [0.5, 0.6) is 0 Å². The molecule has 9 heteroatoms. The van der Waals surface area contributed by atoms with Crippen molar-refractivity contribution >= 4 is 45.6 Å². The van der Waals surface area contributed by atoms with Crippen LogP contribution in [0, 0.1) is 6.92 Å². The Morgan fingerprint density at radius 1 is 1.29 bits per heavy atom. The third-order valence-electron chi connectivity index (χ3n) is 4.50. The number of hydrogen-bond donors (Lipinski definition) is 1. The first kappa shape index (κ1) is 18.7. The third kappa shape index (κ3) is 4.60. The monoisotopic (exact) mass is 412 g/mol. The van der Waals surface area contributed by atoms with Gasteiger partial charge in [-0.05, 0) is 25.8 Å². The minimum atomic E-state index is 0.0310. The predicted molar refractivity (Wildman–Crippen MR) is 112 cm³/mol. The molecule has 0 saturated carbocycles. The van der Waals surface area contributed by atoms with Gasteiger partial charge in [0, 0.05) is 48.2 Å². The van der Waals surface area contributed by atoms with Gasteiger partial charge in [-0.25, -0.2) is 15.0 Å². The Balaban J connectivity index is 1.38. The molecule has 0 spiro atoms. The molecule has 1 aliphatic heterocycles. The highest BCUT2D eigenvalue weighted by molar-refractivity contribution is 7.13. The molecule has 28 heavy (non-hydrogen) atoms. The van der Waals surface area contributed by atoms with Gasteiger partial charge in [-0.1, -0.05) is 0 Å². The fourth-order valence-corrected chi connectivity index (χ4v) is 4.52. The molecule has 4 rings (SSSR count). The zero-order valence-electron chi connectivity index (χ0n) is 15.4. The SMILES string of the molecule is Cc1nc(/C=C/C(=O)N2CCCC(c3csc(Nc4cnccn4)n3)C2)cs1. The van der Waals surface area contributed by atoms with Crippen molar-refractivity contribution in [3.05, 3.63) is 51.8 Å². The van der Waals surface area contributed by atoms with E-state index in [0.29, 0.717) is 12.4 Å². The molecule has 1 aliphatic rings. The number of nitrogens with one attached hydrogen (secondary N) is 1. The molecule has 7 nitrogen and oxygen atoms in total. The number of aromatic nitrogens is 4. The van der Waals surface area contributed by atoms with Crippen molar-refractivity contribution in [3.63, 3.8) is 0 Å². The summed E-state index contributed by atoms with van der Waals surface area (Å²) in [5.41, 5.74) is 1.86. The van der Waals surface area contributed by atoms with Crippen LogP contribution in [0.3, 0.4) is 0 Å². The summed E-state index contributed by atoms with van der Waals surface area (Å²) >= 11 is 3.13. The van der Waals surface area contributed by atoms with Crippen LogP contribution in [0.2, 0.25) is 0 Å². The Bertz CT molecular complexity index is 968. The first-order chi connectivity index (χ1) is 13.7. The molecule has 0 radical (unpaired) electrons. The Morgan fingerprint density at radius 2 is 2.21 bits per heavy atom. The smallest absolute Gasteiger partial charge is 0.246 e. The molecule has 3 aromatic rings. The molecule has 0 aliphatic carbocycles. The molecule has 1 atom stereocenters. The van der Waals surface area contributed by atoms with E-state index in [1.807, 2.05) is 17.2 Å². The van der Waals surface area contributed by atoms with Crippen molar-refractivity contribution < 1.29 is 4.79 Å². The van der Waals surface area contributed by atoms with Gasteiger partial charge in [-0.3, -0.25) is 9.78 Å². The third-order valence-corrected chi connectivity index (χ3v) is 6.07. The van der Waals surface area contributed by atoms with Gasteiger partial charge in [-0.15, -0.1) is 22.7 Å². The van der Waals surface area contributed by atoms with Crippen LogP contribution in [0.25, 0.3) is 6.08 Å². The number of rotatable bonds is 5. The number of hydrogen-bond acceptors (Lipinski definition) is 8. The van der Waals surface area contributed by atoms with E-state index in [1.165, 1.54) is 0 Å². The van der Waals surface area contributed by atoms with Crippen LogP contribution in [0.1, 0.15) is 35.2 Å². The molecule has 3 aromatic heterocycles. The first-order valence-corrected chi connectivity index (χ1v) is 10.8. The van der Waals surface area contributed by atoms with E-state index in [1.54, 1.807) is 53.4 Å². The predicted octanol–water partition coefficient (Wildman–Crippen LogP) is 3.86. The van der Waals surface area contributed by atoms with Crippen LogP contribution in [-0.4, -0.2) is 43.8 Å². The zero-order chi connectivity index (χ0) is 19.3. The summed E-state index contributed by atoms with van der Waals surface area (Å²) in [6, 6.07) is 0. The standard InChI is InChI=1S/C19H20N6OS2/c1-13-22-15(11-27-13)4-5-18(26)25-8-2-3-14(10-25)16-12-28-19(23-16)24-17-9-20-6-7-21-17/h4-7,9,11-12,14H,2-3,8,10H2,1H3,(H,21,23,24)/b5-4+. The molecule has 1 saturated heterocycles. The van der Waals surface area contributed by atoms with E-state index < -0.39 is 0 Å². The van der Waals surface area contributed by atoms with Crippen LogP contribution < -0.4 is 5.32 Å². The van der Waals surface area contributed by atoms with E-state index >= 15 is 0 Å². The van der Waals surface area contributed by atoms with E-state index in [9.17, 15) is 4.79 Å². The van der Waals surface area contributed by atoms with E-state index in [0.717, 1.165) is 40.9 Å². The average Bonchev–Trinajstić information content (AvgIpc) is 3.36. The highest BCUT2D eigenvalue weighted by atomic mass is 32.1. The summed E-state index contributed by atoms with van der Waals surface area (Å²) < 4.78 is 0. The second-order valence-electron chi connectivity index (χ2n) is 6.54. The quantitative estimate of drug-likeness (QED) is 0.641. The number of amides is 1. The molecule has 1 unspecified atom stereocenters. The van der Waals surface area contributed by atoms with Crippen molar-refractivity contribution in [2.24, 2.45) is 0 Å². The van der Waals surface area contributed by atoms with Crippen LogP contribution in [0.4, 0.5) is 10.9 Å². The Kier molecular flexibility index (Phi) is 5.73. The highest BCUT2D eigenvalue weighted by Crippen LogP contribution is 2.30. The Hall–Kier alpha value is -2.65. The molecular formula is C19H20N6OS2. The zero-order valence-corrected chi connectivity index (χ0v) is 17.0. The van der Waals surface area contributed by atoms with Crippen molar-refractivity contribution in [2.45, 2.75) is 25.7 Å². The summed E-state index contributed by atoms with van der Waals surface area (Å²) in [6.07, 6.45) is 10.4. The second kappa shape index (κ2) is 8.57. The number of carbonyl (C=O) groups is 1. The van der Waals surface area contributed by atoms with Gasteiger partial charge in [0.2, 0.25) is 5.91 Å². The Morgan fingerprint density at radius 3 is 3.00 bits per heavy atom. The van der Waals surface area contributed by atoms with Crippen molar-refractivity contribution in [1.82, 2.24) is 24.8 Å². The number of piperidine rings is 1. The van der Waals surface area contributed by atoms with Gasteiger partial charge in [0.25, 0.3) is 0 Å². The summed E-state index contributed by atoms with van der Waals surface area (Å²) in [5.74, 6) is 0.955. The number of aryl methyl sites for hydroxylation is 1. The minimum Gasteiger partial charge on any atom is -0.338 e.